The predicted octanol–water partition coefficient (Wildman–Crippen LogP) is 2.64. The number of rotatable bonds is 2. The fraction of sp³-hybridized carbons (Fsp3) is 0.167. The molecule has 120 valence electrons. The van der Waals surface area contributed by atoms with Gasteiger partial charge < -0.3 is 24.7 Å². The first-order chi connectivity index (χ1) is 11.7. The zero-order chi connectivity index (χ0) is 16.7. The summed E-state index contributed by atoms with van der Waals surface area (Å²) in [7, 11) is 1.60. The monoisotopic (exact) mass is 322 g/mol. The van der Waals surface area contributed by atoms with Crippen molar-refractivity contribution in [3.63, 3.8) is 0 Å². The highest BCUT2D eigenvalue weighted by Gasteiger charge is 2.34. The van der Waals surface area contributed by atoms with Gasteiger partial charge in [-0.1, -0.05) is 18.2 Å². The van der Waals surface area contributed by atoms with Crippen LogP contribution in [-0.4, -0.2) is 13.9 Å². The van der Waals surface area contributed by atoms with Crippen molar-refractivity contribution < 1.29 is 18.9 Å². The van der Waals surface area contributed by atoms with Crippen molar-refractivity contribution >= 4 is 0 Å². The maximum Gasteiger partial charge on any atom is 0.231 e. The van der Waals surface area contributed by atoms with Crippen molar-refractivity contribution in [2.24, 2.45) is 5.73 Å². The number of nitriles is 1. The second-order valence-electron chi connectivity index (χ2n) is 5.41. The molecule has 1 atom stereocenters. The third-order valence-electron chi connectivity index (χ3n) is 4.16. The molecule has 0 amide bonds. The van der Waals surface area contributed by atoms with E-state index in [2.05, 4.69) is 6.07 Å². The second-order valence-corrected chi connectivity index (χ2v) is 5.41. The van der Waals surface area contributed by atoms with Gasteiger partial charge in [0.05, 0.1) is 13.0 Å². The molecule has 0 saturated heterocycles. The number of fused-ring (bicyclic) bond motifs is 2. The van der Waals surface area contributed by atoms with E-state index in [-0.39, 0.29) is 12.7 Å². The Bertz CT molecular complexity index is 898. The first-order valence-electron chi connectivity index (χ1n) is 7.37. The highest BCUT2D eigenvalue weighted by atomic mass is 16.7. The molecule has 0 fully saturated rings. The van der Waals surface area contributed by atoms with Crippen LogP contribution in [0.15, 0.2) is 47.9 Å². The topological polar surface area (TPSA) is 86.7 Å². The van der Waals surface area contributed by atoms with Crippen LogP contribution >= 0.6 is 0 Å². The van der Waals surface area contributed by atoms with Crippen LogP contribution in [0.25, 0.3) is 0 Å². The molecular weight excluding hydrogens is 308 g/mol. The molecule has 4 rings (SSSR count). The summed E-state index contributed by atoms with van der Waals surface area (Å²) in [6, 6.07) is 13.3. The van der Waals surface area contributed by atoms with Gasteiger partial charge in [0.25, 0.3) is 0 Å². The van der Waals surface area contributed by atoms with Gasteiger partial charge >= 0.3 is 0 Å². The van der Waals surface area contributed by atoms with E-state index < -0.39 is 5.92 Å². The molecule has 6 heteroatoms. The number of hydrogen-bond acceptors (Lipinski definition) is 6. The van der Waals surface area contributed by atoms with Crippen LogP contribution in [0.1, 0.15) is 17.0 Å². The normalized spacial score (nSPS) is 17.8. The molecule has 0 radical (unpaired) electrons. The quantitative estimate of drug-likeness (QED) is 0.914. The minimum atomic E-state index is -0.399. The van der Waals surface area contributed by atoms with Gasteiger partial charge in [-0.25, -0.2) is 0 Å². The zero-order valence-corrected chi connectivity index (χ0v) is 12.9. The molecule has 2 aromatic rings. The van der Waals surface area contributed by atoms with Crippen molar-refractivity contribution in [3.8, 4) is 29.1 Å². The Hall–Kier alpha value is -3.33. The van der Waals surface area contributed by atoms with Gasteiger partial charge in [-0.3, -0.25) is 0 Å². The summed E-state index contributed by atoms with van der Waals surface area (Å²) in [6.45, 7) is 0.158. The number of ether oxygens (including phenoxy) is 4. The third kappa shape index (κ3) is 2.02. The largest absolute Gasteiger partial charge is 0.496 e. The average molecular weight is 322 g/mol. The molecule has 2 aliphatic rings. The molecule has 0 bridgehead atoms. The number of nitrogens with zero attached hydrogens (tertiary/aromatic N) is 1. The van der Waals surface area contributed by atoms with Crippen molar-refractivity contribution in [1.29, 1.82) is 5.26 Å². The molecular formula is C18H14N2O4. The molecule has 2 aromatic carbocycles. The van der Waals surface area contributed by atoms with Crippen LogP contribution in [0.2, 0.25) is 0 Å². The maximum atomic E-state index is 9.61. The molecule has 2 N–H and O–H groups in total. The van der Waals surface area contributed by atoms with E-state index in [4.69, 9.17) is 24.7 Å². The van der Waals surface area contributed by atoms with Crippen LogP contribution in [0.5, 0.6) is 23.0 Å². The number of nitrogens with two attached hydrogens (primary N) is 1. The SMILES string of the molecule is COc1ccccc1C1C(C#N)=C(N)Oc2cc3c(cc21)OCO3. The summed E-state index contributed by atoms with van der Waals surface area (Å²) in [6.07, 6.45) is 0. The lowest BCUT2D eigenvalue weighted by Gasteiger charge is -2.27. The van der Waals surface area contributed by atoms with Crippen LogP contribution in [-0.2, 0) is 0 Å². The molecule has 0 spiro atoms. The molecule has 0 aliphatic carbocycles. The Kier molecular flexibility index (Phi) is 3.21. The molecule has 24 heavy (non-hydrogen) atoms. The van der Waals surface area contributed by atoms with Crippen LogP contribution in [0, 0.1) is 11.3 Å². The lowest BCUT2D eigenvalue weighted by Crippen LogP contribution is -2.21. The smallest absolute Gasteiger partial charge is 0.231 e. The van der Waals surface area contributed by atoms with Gasteiger partial charge in [-0.15, -0.1) is 0 Å². The van der Waals surface area contributed by atoms with Gasteiger partial charge in [0, 0.05) is 17.2 Å². The molecule has 2 aliphatic heterocycles. The first-order valence-corrected chi connectivity index (χ1v) is 7.37. The first kappa shape index (κ1) is 14.3. The van der Waals surface area contributed by atoms with Gasteiger partial charge in [0.1, 0.15) is 23.1 Å². The molecule has 1 unspecified atom stereocenters. The fourth-order valence-corrected chi connectivity index (χ4v) is 3.07. The van der Waals surface area contributed by atoms with E-state index >= 15 is 0 Å². The lowest BCUT2D eigenvalue weighted by molar-refractivity contribution is 0.174. The minimum Gasteiger partial charge on any atom is -0.496 e. The van der Waals surface area contributed by atoms with E-state index in [1.165, 1.54) is 0 Å². The van der Waals surface area contributed by atoms with Gasteiger partial charge in [-0.05, 0) is 12.1 Å². The Morgan fingerprint density at radius 1 is 1.12 bits per heavy atom. The number of para-hydroxylation sites is 1. The molecule has 0 aromatic heterocycles. The summed E-state index contributed by atoms with van der Waals surface area (Å²) in [5, 5.41) is 9.61. The van der Waals surface area contributed by atoms with Crippen LogP contribution in [0.4, 0.5) is 0 Å². The van der Waals surface area contributed by atoms with E-state index in [0.29, 0.717) is 28.6 Å². The number of methoxy groups -OCH3 is 1. The predicted molar refractivity (Wildman–Crippen MR) is 84.9 cm³/mol. The standard InChI is InChI=1S/C18H14N2O4/c1-21-13-5-3-2-4-10(13)17-11-6-15-16(23-9-22-15)7-14(11)24-18(20)12(17)8-19/h2-7,17H,9,20H2,1H3. The number of allylic oxidation sites excluding steroid dienone is 1. The lowest BCUT2D eigenvalue weighted by atomic mass is 9.83. The maximum absolute atomic E-state index is 9.61. The van der Waals surface area contributed by atoms with E-state index in [0.717, 1.165) is 11.1 Å². The molecule has 6 nitrogen and oxygen atoms in total. The average Bonchev–Trinajstić information content (AvgIpc) is 3.06. The van der Waals surface area contributed by atoms with E-state index in [1.807, 2.05) is 30.3 Å². The van der Waals surface area contributed by atoms with Crippen molar-refractivity contribution in [2.75, 3.05) is 13.9 Å². The summed E-state index contributed by atoms with van der Waals surface area (Å²) in [4.78, 5) is 0. The van der Waals surface area contributed by atoms with Gasteiger partial charge in [0.2, 0.25) is 12.7 Å². The Morgan fingerprint density at radius 2 is 1.88 bits per heavy atom. The summed E-state index contributed by atoms with van der Waals surface area (Å²) in [5.74, 6) is 2.13. The number of benzene rings is 2. The number of hydrogen-bond donors (Lipinski definition) is 1. The summed E-state index contributed by atoms with van der Waals surface area (Å²) < 4.78 is 22.0. The van der Waals surface area contributed by atoms with Crippen molar-refractivity contribution in [2.45, 2.75) is 5.92 Å². The highest BCUT2D eigenvalue weighted by Crippen LogP contribution is 2.49. The fourth-order valence-electron chi connectivity index (χ4n) is 3.07. The van der Waals surface area contributed by atoms with Crippen molar-refractivity contribution in [3.05, 3.63) is 59.0 Å². The van der Waals surface area contributed by atoms with E-state index in [9.17, 15) is 5.26 Å². The third-order valence-corrected chi connectivity index (χ3v) is 4.16. The Balaban J connectivity index is 1.96. The highest BCUT2D eigenvalue weighted by molar-refractivity contribution is 5.62. The Morgan fingerprint density at radius 3 is 2.62 bits per heavy atom. The van der Waals surface area contributed by atoms with Crippen LogP contribution < -0.4 is 24.7 Å². The molecule has 0 saturated carbocycles. The van der Waals surface area contributed by atoms with Crippen molar-refractivity contribution in [1.82, 2.24) is 0 Å². The molecule has 2 heterocycles. The zero-order valence-electron chi connectivity index (χ0n) is 12.9. The Labute approximate surface area is 138 Å². The van der Waals surface area contributed by atoms with E-state index in [1.54, 1.807) is 13.2 Å². The summed E-state index contributed by atoms with van der Waals surface area (Å²) >= 11 is 0. The van der Waals surface area contributed by atoms with Gasteiger partial charge in [0.15, 0.2) is 11.5 Å². The van der Waals surface area contributed by atoms with Crippen LogP contribution in [0.3, 0.4) is 0 Å². The second kappa shape index (κ2) is 5.39. The minimum absolute atomic E-state index is 0.0831. The van der Waals surface area contributed by atoms with Gasteiger partial charge in [-0.2, -0.15) is 5.26 Å². The summed E-state index contributed by atoms with van der Waals surface area (Å²) in [5.41, 5.74) is 7.95.